The minimum Gasteiger partial charge on any atom is -0.378 e. The van der Waals surface area contributed by atoms with Crippen molar-refractivity contribution in [2.75, 3.05) is 19.0 Å². The molecule has 104 valence electrons. The van der Waals surface area contributed by atoms with Gasteiger partial charge in [0.2, 0.25) is 0 Å². The van der Waals surface area contributed by atoms with Crippen LogP contribution in [0.1, 0.15) is 15.9 Å². The Bertz CT molecular complexity index is 786. The van der Waals surface area contributed by atoms with E-state index in [0.29, 0.717) is 11.1 Å². The fourth-order valence-electron chi connectivity index (χ4n) is 2.38. The number of ketones is 1. The van der Waals surface area contributed by atoms with Gasteiger partial charge in [0, 0.05) is 48.7 Å². The number of rotatable bonds is 3. The molecule has 0 saturated heterocycles. The van der Waals surface area contributed by atoms with Crippen LogP contribution >= 0.6 is 0 Å². The Kier molecular flexibility index (Phi) is 3.40. The highest BCUT2D eigenvalue weighted by atomic mass is 16.1. The standard InChI is InChI=1S/C18H16N2O/c1-20(2)15-8-6-14(7-9-15)18(21)16-5-3-4-13-10-11-19-12-17(13)16/h3-12H,1-2H3. The van der Waals surface area contributed by atoms with Crippen LogP contribution in [0.2, 0.25) is 0 Å². The zero-order valence-corrected chi connectivity index (χ0v) is 12.1. The number of hydrogen-bond donors (Lipinski definition) is 0. The Morgan fingerprint density at radius 1 is 1.00 bits per heavy atom. The van der Waals surface area contributed by atoms with Gasteiger partial charge in [-0.2, -0.15) is 0 Å². The summed E-state index contributed by atoms with van der Waals surface area (Å²) in [5.41, 5.74) is 2.46. The van der Waals surface area contributed by atoms with Crippen molar-refractivity contribution in [2.24, 2.45) is 0 Å². The number of hydrogen-bond acceptors (Lipinski definition) is 3. The summed E-state index contributed by atoms with van der Waals surface area (Å²) in [5.74, 6) is 0.0268. The summed E-state index contributed by atoms with van der Waals surface area (Å²) < 4.78 is 0. The molecule has 0 N–H and O–H groups in total. The molecule has 2 aromatic carbocycles. The summed E-state index contributed by atoms with van der Waals surface area (Å²) in [6.45, 7) is 0. The van der Waals surface area contributed by atoms with Gasteiger partial charge in [-0.1, -0.05) is 18.2 Å². The van der Waals surface area contributed by atoms with Crippen LogP contribution in [-0.2, 0) is 0 Å². The molecule has 3 aromatic rings. The number of carbonyl (C=O) groups excluding carboxylic acids is 1. The third kappa shape index (κ3) is 2.50. The lowest BCUT2D eigenvalue weighted by atomic mass is 9.98. The SMILES string of the molecule is CN(C)c1ccc(C(=O)c2cccc3ccncc23)cc1. The van der Waals surface area contributed by atoms with Crippen molar-refractivity contribution in [3.8, 4) is 0 Å². The van der Waals surface area contributed by atoms with Crippen LogP contribution in [0, 0.1) is 0 Å². The number of fused-ring (bicyclic) bond motifs is 1. The van der Waals surface area contributed by atoms with E-state index >= 15 is 0 Å². The maximum Gasteiger partial charge on any atom is 0.193 e. The van der Waals surface area contributed by atoms with Gasteiger partial charge in [-0.05, 0) is 35.7 Å². The molecule has 0 atom stereocenters. The van der Waals surface area contributed by atoms with Crippen LogP contribution in [0.5, 0.6) is 0 Å². The molecule has 0 unspecified atom stereocenters. The van der Waals surface area contributed by atoms with Crippen molar-refractivity contribution in [1.29, 1.82) is 0 Å². The second-order valence-corrected chi connectivity index (χ2v) is 5.17. The number of benzene rings is 2. The first kappa shape index (κ1) is 13.3. The summed E-state index contributed by atoms with van der Waals surface area (Å²) in [5, 5.41) is 1.92. The van der Waals surface area contributed by atoms with Crippen LogP contribution < -0.4 is 4.90 Å². The van der Waals surface area contributed by atoms with Crippen molar-refractivity contribution in [3.05, 3.63) is 72.1 Å². The zero-order valence-electron chi connectivity index (χ0n) is 12.1. The molecule has 1 heterocycles. The highest BCUT2D eigenvalue weighted by molar-refractivity contribution is 6.16. The van der Waals surface area contributed by atoms with Crippen molar-refractivity contribution in [3.63, 3.8) is 0 Å². The molecule has 1 aromatic heterocycles. The largest absolute Gasteiger partial charge is 0.378 e. The second-order valence-electron chi connectivity index (χ2n) is 5.17. The van der Waals surface area contributed by atoms with Gasteiger partial charge in [0.1, 0.15) is 0 Å². The molecule has 3 nitrogen and oxygen atoms in total. The van der Waals surface area contributed by atoms with Crippen molar-refractivity contribution >= 4 is 22.2 Å². The molecule has 0 saturated carbocycles. The monoisotopic (exact) mass is 276 g/mol. The first-order valence-corrected chi connectivity index (χ1v) is 6.81. The van der Waals surface area contributed by atoms with E-state index in [1.807, 2.05) is 67.5 Å². The lowest BCUT2D eigenvalue weighted by Crippen LogP contribution is -2.09. The van der Waals surface area contributed by atoms with E-state index in [0.717, 1.165) is 16.5 Å². The first-order valence-electron chi connectivity index (χ1n) is 6.81. The van der Waals surface area contributed by atoms with Crippen molar-refractivity contribution < 1.29 is 4.79 Å². The van der Waals surface area contributed by atoms with Crippen LogP contribution in [0.25, 0.3) is 10.8 Å². The average Bonchev–Trinajstić information content (AvgIpc) is 2.53. The molecule has 0 fully saturated rings. The van der Waals surface area contributed by atoms with Crippen LogP contribution in [0.4, 0.5) is 5.69 Å². The quantitative estimate of drug-likeness (QED) is 0.686. The Hall–Kier alpha value is -2.68. The number of anilines is 1. The second kappa shape index (κ2) is 5.37. The molecule has 0 radical (unpaired) electrons. The minimum atomic E-state index is 0.0268. The predicted molar refractivity (Wildman–Crippen MR) is 85.9 cm³/mol. The van der Waals surface area contributed by atoms with Gasteiger partial charge in [0.05, 0.1) is 0 Å². The van der Waals surface area contributed by atoms with Gasteiger partial charge in [-0.3, -0.25) is 9.78 Å². The summed E-state index contributed by atoms with van der Waals surface area (Å²) in [6, 6.07) is 15.3. The average molecular weight is 276 g/mol. The van der Waals surface area contributed by atoms with Gasteiger partial charge in [-0.15, -0.1) is 0 Å². The normalized spacial score (nSPS) is 10.6. The lowest BCUT2D eigenvalue weighted by Gasteiger charge is -2.12. The Morgan fingerprint density at radius 3 is 2.48 bits per heavy atom. The smallest absolute Gasteiger partial charge is 0.193 e. The molecule has 3 heteroatoms. The summed E-state index contributed by atoms with van der Waals surface area (Å²) in [4.78, 5) is 18.8. The minimum absolute atomic E-state index is 0.0268. The highest BCUT2D eigenvalue weighted by Gasteiger charge is 2.12. The molecule has 0 aliphatic rings. The molecule has 0 spiro atoms. The number of carbonyl (C=O) groups is 1. The van der Waals surface area contributed by atoms with E-state index < -0.39 is 0 Å². The summed E-state index contributed by atoms with van der Waals surface area (Å²) >= 11 is 0. The van der Waals surface area contributed by atoms with Gasteiger partial charge >= 0.3 is 0 Å². The first-order chi connectivity index (χ1) is 10.2. The van der Waals surface area contributed by atoms with Crippen LogP contribution in [0.15, 0.2) is 60.9 Å². The van der Waals surface area contributed by atoms with Gasteiger partial charge in [0.25, 0.3) is 0 Å². The summed E-state index contributed by atoms with van der Waals surface area (Å²) in [6.07, 6.45) is 3.49. The van der Waals surface area contributed by atoms with Gasteiger partial charge < -0.3 is 4.90 Å². The Balaban J connectivity index is 2.04. The maximum atomic E-state index is 12.7. The van der Waals surface area contributed by atoms with E-state index in [1.54, 1.807) is 12.4 Å². The topological polar surface area (TPSA) is 33.2 Å². The Labute approximate surface area is 123 Å². The predicted octanol–water partition coefficient (Wildman–Crippen LogP) is 3.53. The fourth-order valence-corrected chi connectivity index (χ4v) is 2.38. The summed E-state index contributed by atoms with van der Waals surface area (Å²) in [7, 11) is 3.96. The van der Waals surface area contributed by atoms with E-state index in [2.05, 4.69) is 4.98 Å². The molecule has 3 rings (SSSR count). The highest BCUT2D eigenvalue weighted by Crippen LogP contribution is 2.21. The molecular weight excluding hydrogens is 260 g/mol. The van der Waals surface area contributed by atoms with E-state index in [-0.39, 0.29) is 5.78 Å². The zero-order chi connectivity index (χ0) is 14.8. The molecule has 0 aliphatic heterocycles. The van der Waals surface area contributed by atoms with Crippen molar-refractivity contribution in [1.82, 2.24) is 4.98 Å². The van der Waals surface area contributed by atoms with Crippen LogP contribution in [-0.4, -0.2) is 24.9 Å². The number of pyridine rings is 1. The molecule has 0 bridgehead atoms. The molecule has 0 amide bonds. The van der Waals surface area contributed by atoms with Gasteiger partial charge in [0.15, 0.2) is 5.78 Å². The lowest BCUT2D eigenvalue weighted by molar-refractivity contribution is 0.104. The van der Waals surface area contributed by atoms with Crippen molar-refractivity contribution in [2.45, 2.75) is 0 Å². The van der Waals surface area contributed by atoms with E-state index in [4.69, 9.17) is 0 Å². The molecule has 0 aliphatic carbocycles. The van der Waals surface area contributed by atoms with E-state index in [1.165, 1.54) is 0 Å². The third-order valence-corrected chi connectivity index (χ3v) is 3.57. The number of aromatic nitrogens is 1. The number of nitrogens with zero attached hydrogens (tertiary/aromatic N) is 2. The van der Waals surface area contributed by atoms with E-state index in [9.17, 15) is 4.79 Å². The van der Waals surface area contributed by atoms with Crippen LogP contribution in [0.3, 0.4) is 0 Å². The molecule has 21 heavy (non-hydrogen) atoms. The third-order valence-electron chi connectivity index (χ3n) is 3.57. The fraction of sp³-hybridized carbons (Fsp3) is 0.111. The maximum absolute atomic E-state index is 12.7. The Morgan fingerprint density at radius 2 is 1.76 bits per heavy atom. The van der Waals surface area contributed by atoms with Gasteiger partial charge in [-0.25, -0.2) is 0 Å². The molecular formula is C18H16N2O.